The van der Waals surface area contributed by atoms with Crippen LogP contribution in [0.1, 0.15) is 31.9 Å². The maximum Gasteiger partial charge on any atom is 0.0853 e. The minimum atomic E-state index is 0.648. The Morgan fingerprint density at radius 3 is 3.00 bits per heavy atom. The van der Waals surface area contributed by atoms with E-state index in [1.165, 1.54) is 0 Å². The lowest BCUT2D eigenvalue weighted by molar-refractivity contribution is 0.746. The molecule has 0 spiro atoms. The number of hydrogen-bond acceptors (Lipinski definition) is 3. The molecule has 0 unspecified atom stereocenters. The first-order valence-electron chi connectivity index (χ1n) is 5.41. The van der Waals surface area contributed by atoms with Gasteiger partial charge in [0.2, 0.25) is 0 Å². The summed E-state index contributed by atoms with van der Waals surface area (Å²) in [7, 11) is 1.93. The summed E-state index contributed by atoms with van der Waals surface area (Å²) in [4.78, 5) is 0. The Morgan fingerprint density at radius 1 is 1.53 bits per heavy atom. The van der Waals surface area contributed by atoms with E-state index in [1.54, 1.807) is 0 Å². The maximum absolute atomic E-state index is 8.38. The summed E-state index contributed by atoms with van der Waals surface area (Å²) in [6.07, 6.45) is 5.59. The van der Waals surface area contributed by atoms with Gasteiger partial charge in [-0.15, -0.1) is 0 Å². The largest absolute Gasteiger partial charge is 0.382 e. The fourth-order valence-electron chi connectivity index (χ4n) is 1.50. The molecule has 0 aliphatic rings. The lowest BCUT2D eigenvalue weighted by atomic mass is 10.2. The van der Waals surface area contributed by atoms with Crippen LogP contribution in [0.2, 0.25) is 0 Å². The number of nitrogens with one attached hydrogen (secondary N) is 1. The molecule has 0 bridgehead atoms. The van der Waals surface area contributed by atoms with Crippen LogP contribution in [0, 0.1) is 11.3 Å². The van der Waals surface area contributed by atoms with E-state index in [1.807, 2.05) is 17.9 Å². The van der Waals surface area contributed by atoms with Gasteiger partial charge in [0, 0.05) is 26.2 Å². The minimum Gasteiger partial charge on any atom is -0.382 e. The standard InChI is InChI=1S/C11H18N4/c1-3-10-11(9-15(2)14-10)13-8-6-4-5-7-12/h9,13H,3-6,8H2,1-2H3. The van der Waals surface area contributed by atoms with Gasteiger partial charge in [0.25, 0.3) is 0 Å². The van der Waals surface area contributed by atoms with Crippen LogP contribution >= 0.6 is 0 Å². The number of aromatic nitrogens is 2. The SMILES string of the molecule is CCc1nn(C)cc1NCCCCC#N. The molecule has 0 aromatic carbocycles. The van der Waals surface area contributed by atoms with Crippen LogP contribution in [-0.4, -0.2) is 16.3 Å². The van der Waals surface area contributed by atoms with Crippen LogP contribution < -0.4 is 5.32 Å². The van der Waals surface area contributed by atoms with E-state index in [0.717, 1.165) is 37.2 Å². The fraction of sp³-hybridized carbons (Fsp3) is 0.636. The highest BCUT2D eigenvalue weighted by Gasteiger charge is 2.03. The Morgan fingerprint density at radius 2 is 2.33 bits per heavy atom. The summed E-state index contributed by atoms with van der Waals surface area (Å²) in [5.74, 6) is 0. The molecular weight excluding hydrogens is 188 g/mol. The number of nitriles is 1. The Bertz CT molecular complexity index is 335. The summed E-state index contributed by atoms with van der Waals surface area (Å²) in [5, 5.41) is 16.1. The van der Waals surface area contributed by atoms with Crippen LogP contribution in [0.15, 0.2) is 6.20 Å². The zero-order valence-corrected chi connectivity index (χ0v) is 9.45. The van der Waals surface area contributed by atoms with Gasteiger partial charge in [-0.05, 0) is 19.3 Å². The highest BCUT2D eigenvalue weighted by atomic mass is 15.3. The molecule has 1 heterocycles. The molecule has 0 atom stereocenters. The number of hydrogen-bond donors (Lipinski definition) is 1. The van der Waals surface area contributed by atoms with E-state index < -0.39 is 0 Å². The topological polar surface area (TPSA) is 53.6 Å². The van der Waals surface area contributed by atoms with Gasteiger partial charge in [0.1, 0.15) is 0 Å². The molecular formula is C11H18N4. The summed E-state index contributed by atoms with van der Waals surface area (Å²) in [6.45, 7) is 3.02. The number of aryl methyl sites for hydroxylation is 2. The van der Waals surface area contributed by atoms with Crippen molar-refractivity contribution in [2.45, 2.75) is 32.6 Å². The molecule has 0 saturated carbocycles. The van der Waals surface area contributed by atoms with E-state index in [9.17, 15) is 0 Å². The van der Waals surface area contributed by atoms with Crippen LogP contribution in [0.4, 0.5) is 5.69 Å². The van der Waals surface area contributed by atoms with Crippen molar-refractivity contribution in [2.24, 2.45) is 7.05 Å². The summed E-state index contributed by atoms with van der Waals surface area (Å²) in [6, 6.07) is 2.15. The maximum atomic E-state index is 8.38. The first-order chi connectivity index (χ1) is 7.27. The quantitative estimate of drug-likeness (QED) is 0.725. The van der Waals surface area contributed by atoms with Crippen molar-refractivity contribution < 1.29 is 0 Å². The van der Waals surface area contributed by atoms with Gasteiger partial charge in [-0.1, -0.05) is 6.92 Å². The van der Waals surface area contributed by atoms with Gasteiger partial charge in [0.05, 0.1) is 17.5 Å². The lowest BCUT2D eigenvalue weighted by Gasteiger charge is -2.03. The molecule has 0 aliphatic heterocycles. The van der Waals surface area contributed by atoms with Gasteiger partial charge < -0.3 is 5.32 Å². The molecule has 82 valence electrons. The second-order valence-corrected chi connectivity index (χ2v) is 3.56. The molecule has 1 N–H and O–H groups in total. The zero-order chi connectivity index (χ0) is 11.1. The molecule has 0 amide bonds. The molecule has 4 nitrogen and oxygen atoms in total. The second-order valence-electron chi connectivity index (χ2n) is 3.56. The third-order valence-electron chi connectivity index (χ3n) is 2.27. The molecule has 15 heavy (non-hydrogen) atoms. The van der Waals surface area contributed by atoms with Crippen molar-refractivity contribution in [1.82, 2.24) is 9.78 Å². The average molecular weight is 206 g/mol. The van der Waals surface area contributed by atoms with E-state index in [2.05, 4.69) is 23.4 Å². The van der Waals surface area contributed by atoms with Gasteiger partial charge >= 0.3 is 0 Å². The highest BCUT2D eigenvalue weighted by Crippen LogP contribution is 2.13. The number of rotatable bonds is 6. The third-order valence-corrected chi connectivity index (χ3v) is 2.27. The predicted octanol–water partition coefficient (Wildman–Crippen LogP) is 2.09. The van der Waals surface area contributed by atoms with Crippen molar-refractivity contribution in [3.05, 3.63) is 11.9 Å². The zero-order valence-electron chi connectivity index (χ0n) is 9.45. The van der Waals surface area contributed by atoms with E-state index in [4.69, 9.17) is 5.26 Å². The summed E-state index contributed by atoms with van der Waals surface area (Å²) >= 11 is 0. The molecule has 1 aromatic rings. The lowest BCUT2D eigenvalue weighted by Crippen LogP contribution is -2.02. The van der Waals surface area contributed by atoms with Gasteiger partial charge in [0.15, 0.2) is 0 Å². The van der Waals surface area contributed by atoms with Crippen molar-refractivity contribution in [3.8, 4) is 6.07 Å². The van der Waals surface area contributed by atoms with E-state index in [0.29, 0.717) is 6.42 Å². The molecule has 4 heteroatoms. The normalized spacial score (nSPS) is 9.93. The second kappa shape index (κ2) is 6.07. The number of nitrogens with zero attached hydrogens (tertiary/aromatic N) is 3. The number of anilines is 1. The first-order valence-corrected chi connectivity index (χ1v) is 5.41. The summed E-state index contributed by atoms with van der Waals surface area (Å²) in [5.41, 5.74) is 2.23. The third kappa shape index (κ3) is 3.62. The monoisotopic (exact) mass is 206 g/mol. The van der Waals surface area contributed by atoms with Crippen molar-refractivity contribution in [1.29, 1.82) is 5.26 Å². The average Bonchev–Trinajstić information content (AvgIpc) is 2.59. The van der Waals surface area contributed by atoms with Crippen LogP contribution in [-0.2, 0) is 13.5 Å². The Hall–Kier alpha value is -1.50. The predicted molar refractivity (Wildman–Crippen MR) is 60.5 cm³/mol. The molecule has 1 aromatic heterocycles. The van der Waals surface area contributed by atoms with Crippen molar-refractivity contribution >= 4 is 5.69 Å². The molecule has 0 fully saturated rings. The van der Waals surface area contributed by atoms with Crippen LogP contribution in [0.5, 0.6) is 0 Å². The van der Waals surface area contributed by atoms with Crippen LogP contribution in [0.25, 0.3) is 0 Å². The minimum absolute atomic E-state index is 0.648. The van der Waals surface area contributed by atoms with Gasteiger partial charge in [-0.2, -0.15) is 10.4 Å². The van der Waals surface area contributed by atoms with Gasteiger partial charge in [-0.3, -0.25) is 4.68 Å². The van der Waals surface area contributed by atoms with Crippen LogP contribution in [0.3, 0.4) is 0 Å². The van der Waals surface area contributed by atoms with Gasteiger partial charge in [-0.25, -0.2) is 0 Å². The summed E-state index contributed by atoms with van der Waals surface area (Å²) < 4.78 is 1.83. The Balaban J connectivity index is 2.33. The Kier molecular flexibility index (Phi) is 4.69. The molecule has 0 radical (unpaired) electrons. The fourth-order valence-corrected chi connectivity index (χ4v) is 1.50. The smallest absolute Gasteiger partial charge is 0.0853 e. The van der Waals surface area contributed by atoms with Crippen molar-refractivity contribution in [2.75, 3.05) is 11.9 Å². The Labute approximate surface area is 90.9 Å². The molecule has 0 aliphatic carbocycles. The first kappa shape index (κ1) is 11.6. The number of unbranched alkanes of at least 4 members (excludes halogenated alkanes) is 2. The molecule has 1 rings (SSSR count). The van der Waals surface area contributed by atoms with Crippen molar-refractivity contribution in [3.63, 3.8) is 0 Å². The van der Waals surface area contributed by atoms with E-state index in [-0.39, 0.29) is 0 Å². The van der Waals surface area contributed by atoms with E-state index >= 15 is 0 Å². The highest BCUT2D eigenvalue weighted by molar-refractivity contribution is 5.46. The molecule has 0 saturated heterocycles.